The molecule has 0 amide bonds. The normalized spacial score (nSPS) is 16.3. The number of benzene rings is 2. The standard InChI is InChI=1S/C18H20ClNO/c1-13-6-7-17(21-2)14(8-13)10-18(11-20-12-18)15-4-3-5-16(19)9-15/h3-9,20H,10-12H2,1-2H3. The first-order chi connectivity index (χ1) is 10.1. The predicted molar refractivity (Wildman–Crippen MR) is 87.4 cm³/mol. The second kappa shape index (κ2) is 5.70. The van der Waals surface area contributed by atoms with Gasteiger partial charge in [-0.05, 0) is 42.7 Å². The van der Waals surface area contributed by atoms with E-state index in [0.29, 0.717) is 0 Å². The third-order valence-electron chi connectivity index (χ3n) is 4.33. The molecule has 2 nitrogen and oxygen atoms in total. The van der Waals surface area contributed by atoms with Crippen molar-refractivity contribution in [2.75, 3.05) is 20.2 Å². The smallest absolute Gasteiger partial charge is 0.122 e. The highest BCUT2D eigenvalue weighted by Gasteiger charge is 2.39. The summed E-state index contributed by atoms with van der Waals surface area (Å²) < 4.78 is 5.53. The molecular formula is C18H20ClNO. The molecule has 21 heavy (non-hydrogen) atoms. The number of aryl methyl sites for hydroxylation is 1. The highest BCUT2D eigenvalue weighted by molar-refractivity contribution is 6.30. The highest BCUT2D eigenvalue weighted by atomic mass is 35.5. The number of hydrogen-bond donors (Lipinski definition) is 1. The van der Waals surface area contributed by atoms with Crippen LogP contribution in [0.15, 0.2) is 42.5 Å². The Bertz CT molecular complexity index is 649. The fourth-order valence-corrected chi connectivity index (χ4v) is 3.28. The number of nitrogens with one attached hydrogen (secondary N) is 1. The number of hydrogen-bond acceptors (Lipinski definition) is 2. The van der Waals surface area contributed by atoms with Gasteiger partial charge in [-0.2, -0.15) is 0 Å². The predicted octanol–water partition coefficient (Wildman–Crippen LogP) is 3.74. The van der Waals surface area contributed by atoms with Crippen molar-refractivity contribution >= 4 is 11.6 Å². The lowest BCUT2D eigenvalue weighted by Crippen LogP contribution is -2.58. The molecular weight excluding hydrogens is 282 g/mol. The van der Waals surface area contributed by atoms with E-state index in [2.05, 4.69) is 42.6 Å². The Morgan fingerprint density at radius 3 is 2.62 bits per heavy atom. The van der Waals surface area contributed by atoms with Gasteiger partial charge in [0.1, 0.15) is 5.75 Å². The van der Waals surface area contributed by atoms with E-state index in [1.54, 1.807) is 7.11 Å². The van der Waals surface area contributed by atoms with Gasteiger partial charge < -0.3 is 10.1 Å². The fraction of sp³-hybridized carbons (Fsp3) is 0.333. The second-order valence-corrected chi connectivity index (χ2v) is 6.32. The molecule has 0 bridgehead atoms. The maximum absolute atomic E-state index is 6.17. The summed E-state index contributed by atoms with van der Waals surface area (Å²) in [5, 5.41) is 4.21. The zero-order chi connectivity index (χ0) is 14.9. The Kier molecular flexibility index (Phi) is 3.92. The summed E-state index contributed by atoms with van der Waals surface area (Å²) >= 11 is 6.17. The third kappa shape index (κ3) is 2.78. The Labute approximate surface area is 131 Å². The summed E-state index contributed by atoms with van der Waals surface area (Å²) in [5.41, 5.74) is 3.95. The molecule has 2 aromatic rings. The van der Waals surface area contributed by atoms with Crippen molar-refractivity contribution in [1.29, 1.82) is 0 Å². The molecule has 0 atom stereocenters. The van der Waals surface area contributed by atoms with Crippen LogP contribution in [-0.4, -0.2) is 20.2 Å². The first-order valence-electron chi connectivity index (χ1n) is 7.23. The Morgan fingerprint density at radius 2 is 2.00 bits per heavy atom. The summed E-state index contributed by atoms with van der Waals surface area (Å²) in [6.07, 6.45) is 0.963. The van der Waals surface area contributed by atoms with Gasteiger partial charge in [0.15, 0.2) is 0 Å². The average Bonchev–Trinajstić information content (AvgIpc) is 2.43. The summed E-state index contributed by atoms with van der Waals surface area (Å²) in [7, 11) is 1.74. The first kappa shape index (κ1) is 14.4. The highest BCUT2D eigenvalue weighted by Crippen LogP contribution is 2.36. The quantitative estimate of drug-likeness (QED) is 0.929. The van der Waals surface area contributed by atoms with E-state index in [4.69, 9.17) is 16.3 Å². The number of methoxy groups -OCH3 is 1. The van der Waals surface area contributed by atoms with Gasteiger partial charge in [-0.3, -0.25) is 0 Å². The van der Waals surface area contributed by atoms with E-state index < -0.39 is 0 Å². The fourth-order valence-electron chi connectivity index (χ4n) is 3.09. The van der Waals surface area contributed by atoms with Crippen molar-refractivity contribution in [3.8, 4) is 5.75 Å². The van der Waals surface area contributed by atoms with Crippen LogP contribution in [0.3, 0.4) is 0 Å². The van der Waals surface area contributed by atoms with E-state index in [1.807, 2.05) is 12.1 Å². The lowest BCUT2D eigenvalue weighted by Gasteiger charge is -2.44. The minimum Gasteiger partial charge on any atom is -0.496 e. The van der Waals surface area contributed by atoms with Crippen molar-refractivity contribution in [2.45, 2.75) is 18.8 Å². The molecule has 2 aromatic carbocycles. The molecule has 0 radical (unpaired) electrons. The Balaban J connectivity index is 1.96. The maximum Gasteiger partial charge on any atom is 0.122 e. The molecule has 110 valence electrons. The molecule has 0 saturated carbocycles. The van der Waals surface area contributed by atoms with Gasteiger partial charge in [-0.25, -0.2) is 0 Å². The van der Waals surface area contributed by atoms with Crippen molar-refractivity contribution < 1.29 is 4.74 Å². The zero-order valence-corrected chi connectivity index (χ0v) is 13.2. The molecule has 1 aliphatic heterocycles. The molecule has 1 saturated heterocycles. The topological polar surface area (TPSA) is 21.3 Å². The lowest BCUT2D eigenvalue weighted by atomic mass is 9.71. The van der Waals surface area contributed by atoms with Crippen LogP contribution in [0.25, 0.3) is 0 Å². The van der Waals surface area contributed by atoms with Crippen LogP contribution in [-0.2, 0) is 11.8 Å². The van der Waals surface area contributed by atoms with E-state index in [1.165, 1.54) is 16.7 Å². The second-order valence-electron chi connectivity index (χ2n) is 5.89. The van der Waals surface area contributed by atoms with Crippen LogP contribution in [0.1, 0.15) is 16.7 Å². The zero-order valence-electron chi connectivity index (χ0n) is 12.4. The Morgan fingerprint density at radius 1 is 1.19 bits per heavy atom. The number of ether oxygens (including phenoxy) is 1. The van der Waals surface area contributed by atoms with Gasteiger partial charge in [-0.15, -0.1) is 0 Å². The Hall–Kier alpha value is -1.51. The molecule has 1 heterocycles. The lowest BCUT2D eigenvalue weighted by molar-refractivity contribution is 0.271. The molecule has 1 aliphatic rings. The summed E-state index contributed by atoms with van der Waals surface area (Å²) in [5.74, 6) is 0.967. The molecule has 0 spiro atoms. The van der Waals surface area contributed by atoms with Crippen LogP contribution >= 0.6 is 11.6 Å². The van der Waals surface area contributed by atoms with Gasteiger partial charge in [-0.1, -0.05) is 41.4 Å². The average molecular weight is 302 g/mol. The molecule has 0 aromatic heterocycles. The number of rotatable bonds is 4. The molecule has 1 fully saturated rings. The van der Waals surface area contributed by atoms with Gasteiger partial charge in [0.2, 0.25) is 0 Å². The minimum absolute atomic E-state index is 0.117. The summed E-state index contributed by atoms with van der Waals surface area (Å²) in [6, 6.07) is 14.6. The van der Waals surface area contributed by atoms with Gasteiger partial charge in [0.05, 0.1) is 7.11 Å². The molecule has 1 N–H and O–H groups in total. The van der Waals surface area contributed by atoms with Crippen molar-refractivity contribution in [3.05, 3.63) is 64.2 Å². The summed E-state index contributed by atoms with van der Waals surface area (Å²) in [6.45, 7) is 4.07. The minimum atomic E-state index is 0.117. The van der Waals surface area contributed by atoms with E-state index >= 15 is 0 Å². The molecule has 3 rings (SSSR count). The van der Waals surface area contributed by atoms with Crippen LogP contribution in [0.2, 0.25) is 5.02 Å². The monoisotopic (exact) mass is 301 g/mol. The number of halogens is 1. The molecule has 3 heteroatoms. The first-order valence-corrected chi connectivity index (χ1v) is 7.61. The van der Waals surface area contributed by atoms with Crippen molar-refractivity contribution in [1.82, 2.24) is 5.32 Å². The molecule has 0 unspecified atom stereocenters. The van der Waals surface area contributed by atoms with Crippen LogP contribution in [0, 0.1) is 6.92 Å². The van der Waals surface area contributed by atoms with Crippen LogP contribution < -0.4 is 10.1 Å². The maximum atomic E-state index is 6.17. The largest absolute Gasteiger partial charge is 0.496 e. The third-order valence-corrected chi connectivity index (χ3v) is 4.56. The summed E-state index contributed by atoms with van der Waals surface area (Å²) in [4.78, 5) is 0. The van der Waals surface area contributed by atoms with Crippen molar-refractivity contribution in [3.63, 3.8) is 0 Å². The van der Waals surface area contributed by atoms with Gasteiger partial charge in [0.25, 0.3) is 0 Å². The van der Waals surface area contributed by atoms with Crippen LogP contribution in [0.5, 0.6) is 5.75 Å². The SMILES string of the molecule is COc1ccc(C)cc1CC1(c2cccc(Cl)c2)CNC1. The van der Waals surface area contributed by atoms with E-state index in [0.717, 1.165) is 30.3 Å². The van der Waals surface area contributed by atoms with Crippen molar-refractivity contribution in [2.24, 2.45) is 0 Å². The van der Waals surface area contributed by atoms with E-state index in [-0.39, 0.29) is 5.41 Å². The van der Waals surface area contributed by atoms with Gasteiger partial charge >= 0.3 is 0 Å². The van der Waals surface area contributed by atoms with E-state index in [9.17, 15) is 0 Å². The molecule has 0 aliphatic carbocycles. The van der Waals surface area contributed by atoms with Crippen LogP contribution in [0.4, 0.5) is 0 Å². The van der Waals surface area contributed by atoms with Gasteiger partial charge in [0, 0.05) is 23.5 Å².